The third-order valence-electron chi connectivity index (χ3n) is 8.19. The normalized spacial score (nSPS) is 21.5. The molecule has 1 saturated heterocycles. The van der Waals surface area contributed by atoms with E-state index in [1.165, 1.54) is 51.6 Å². The summed E-state index contributed by atoms with van der Waals surface area (Å²) in [5, 5.41) is 3.89. The number of hydrogen-bond donors (Lipinski definition) is 3. The summed E-state index contributed by atoms with van der Waals surface area (Å²) in [6.07, 6.45) is 18.3. The highest BCUT2D eigenvalue weighted by Gasteiger charge is 2.30. The summed E-state index contributed by atoms with van der Waals surface area (Å²) in [7, 11) is 0. The van der Waals surface area contributed by atoms with Crippen molar-refractivity contribution >= 4 is 5.91 Å². The molecule has 8 heteroatoms. The molecule has 1 aliphatic heterocycles. The van der Waals surface area contributed by atoms with Crippen molar-refractivity contribution < 1.29 is 4.79 Å². The van der Waals surface area contributed by atoms with Crippen LogP contribution in [0.4, 0.5) is 0 Å². The maximum absolute atomic E-state index is 13.5. The van der Waals surface area contributed by atoms with Crippen LogP contribution in [0.25, 0.3) is 0 Å². The van der Waals surface area contributed by atoms with Gasteiger partial charge in [0.25, 0.3) is 0 Å². The lowest BCUT2D eigenvalue weighted by atomic mass is 9.88. The third-order valence-corrected chi connectivity index (χ3v) is 8.19. The molecule has 3 N–H and O–H groups in total. The van der Waals surface area contributed by atoms with Gasteiger partial charge < -0.3 is 25.1 Å². The second-order valence-electron chi connectivity index (χ2n) is 10.9. The van der Waals surface area contributed by atoms with Crippen LogP contribution in [0.2, 0.25) is 0 Å². The Morgan fingerprint density at radius 1 is 0.972 bits per heavy atom. The van der Waals surface area contributed by atoms with Gasteiger partial charge in [0.1, 0.15) is 11.6 Å². The molecule has 0 unspecified atom stereocenters. The van der Waals surface area contributed by atoms with Crippen LogP contribution in [0.3, 0.4) is 0 Å². The summed E-state index contributed by atoms with van der Waals surface area (Å²) < 4.78 is 0. The number of imidazole rings is 2. The number of H-pyrrole nitrogens is 2. The SMILES string of the molecule is CCCN(CCC)C1CCC(NCC2CCN(C(=O)C(Cc3ncc[nH]3)Cc3ncc[nH]3)CC2)CC1. The average Bonchev–Trinajstić information content (AvgIpc) is 3.62. The second kappa shape index (κ2) is 13.9. The van der Waals surface area contributed by atoms with Gasteiger partial charge in [-0.25, -0.2) is 9.97 Å². The second-order valence-corrected chi connectivity index (χ2v) is 10.9. The van der Waals surface area contributed by atoms with E-state index in [4.69, 9.17) is 0 Å². The lowest BCUT2D eigenvalue weighted by molar-refractivity contribution is -0.137. The number of hydrogen-bond acceptors (Lipinski definition) is 5. The van der Waals surface area contributed by atoms with E-state index < -0.39 is 0 Å². The molecule has 36 heavy (non-hydrogen) atoms. The van der Waals surface area contributed by atoms with E-state index in [0.29, 0.717) is 24.8 Å². The molecule has 0 aromatic carbocycles. The van der Waals surface area contributed by atoms with Gasteiger partial charge in [0, 0.05) is 62.8 Å². The average molecular weight is 498 g/mol. The van der Waals surface area contributed by atoms with Crippen LogP contribution < -0.4 is 5.32 Å². The molecule has 2 aromatic heterocycles. The highest BCUT2D eigenvalue weighted by molar-refractivity contribution is 5.79. The van der Waals surface area contributed by atoms with E-state index in [2.05, 4.69) is 48.9 Å². The van der Waals surface area contributed by atoms with E-state index in [0.717, 1.165) is 50.2 Å². The summed E-state index contributed by atoms with van der Waals surface area (Å²) >= 11 is 0. The first-order valence-electron chi connectivity index (χ1n) is 14.4. The zero-order chi connectivity index (χ0) is 25.2. The predicted octanol–water partition coefficient (Wildman–Crippen LogP) is 3.80. The molecule has 2 aromatic rings. The first-order valence-corrected chi connectivity index (χ1v) is 14.4. The van der Waals surface area contributed by atoms with Crippen LogP contribution >= 0.6 is 0 Å². The molecule has 1 aliphatic carbocycles. The molecule has 200 valence electrons. The van der Waals surface area contributed by atoms with Gasteiger partial charge in [-0.15, -0.1) is 0 Å². The first kappa shape index (κ1) is 26.9. The van der Waals surface area contributed by atoms with Crippen molar-refractivity contribution in [2.75, 3.05) is 32.7 Å². The van der Waals surface area contributed by atoms with Gasteiger partial charge in [-0.2, -0.15) is 0 Å². The quantitative estimate of drug-likeness (QED) is 0.391. The van der Waals surface area contributed by atoms with Crippen molar-refractivity contribution in [1.29, 1.82) is 0 Å². The van der Waals surface area contributed by atoms with E-state index in [1.54, 1.807) is 12.4 Å². The number of nitrogens with one attached hydrogen (secondary N) is 3. The van der Waals surface area contributed by atoms with Crippen LogP contribution in [-0.4, -0.2) is 80.5 Å². The van der Waals surface area contributed by atoms with E-state index in [9.17, 15) is 4.79 Å². The first-order chi connectivity index (χ1) is 17.7. The summed E-state index contributed by atoms with van der Waals surface area (Å²) in [6.45, 7) is 9.89. The number of piperidine rings is 1. The zero-order valence-electron chi connectivity index (χ0n) is 22.4. The minimum Gasteiger partial charge on any atom is -0.349 e. The number of carbonyl (C=O) groups excluding carboxylic acids is 1. The fourth-order valence-electron chi connectivity index (χ4n) is 6.18. The van der Waals surface area contributed by atoms with Crippen LogP contribution in [0.15, 0.2) is 24.8 Å². The Morgan fingerprint density at radius 3 is 2.06 bits per heavy atom. The lowest BCUT2D eigenvalue weighted by Gasteiger charge is -2.38. The Hall–Kier alpha value is -2.19. The molecule has 2 fully saturated rings. The van der Waals surface area contributed by atoms with Crippen molar-refractivity contribution in [3.63, 3.8) is 0 Å². The maximum Gasteiger partial charge on any atom is 0.226 e. The van der Waals surface area contributed by atoms with Gasteiger partial charge in [0.2, 0.25) is 5.91 Å². The number of aromatic nitrogens is 4. The summed E-state index contributed by atoms with van der Waals surface area (Å²) in [5.74, 6) is 2.47. The van der Waals surface area contributed by atoms with Gasteiger partial charge in [0.05, 0.1) is 5.92 Å². The molecule has 0 atom stereocenters. The van der Waals surface area contributed by atoms with Crippen molar-refractivity contribution in [3.05, 3.63) is 36.4 Å². The minimum absolute atomic E-state index is 0.146. The number of carbonyl (C=O) groups is 1. The van der Waals surface area contributed by atoms with Crippen molar-refractivity contribution in [2.45, 2.75) is 90.1 Å². The molecular formula is C28H47N7O. The molecule has 0 bridgehead atoms. The highest BCUT2D eigenvalue weighted by atomic mass is 16.2. The fourth-order valence-corrected chi connectivity index (χ4v) is 6.18. The molecule has 0 radical (unpaired) electrons. The monoisotopic (exact) mass is 497 g/mol. The Labute approximate surface area is 217 Å². The van der Waals surface area contributed by atoms with Gasteiger partial charge >= 0.3 is 0 Å². The molecule has 0 spiro atoms. The van der Waals surface area contributed by atoms with E-state index >= 15 is 0 Å². The Bertz CT molecular complexity index is 810. The zero-order valence-corrected chi connectivity index (χ0v) is 22.4. The molecule has 4 rings (SSSR count). The van der Waals surface area contributed by atoms with Crippen molar-refractivity contribution in [3.8, 4) is 0 Å². The van der Waals surface area contributed by atoms with Gasteiger partial charge in [0.15, 0.2) is 0 Å². The standard InChI is InChI=1S/C28H47N7O/c1-3-15-34(16-4-2)25-7-5-24(6-8-25)33-21-22-9-17-35(18-10-22)28(36)23(19-26-29-11-12-30-26)20-27-31-13-14-32-27/h11-14,22-25,33H,3-10,15-21H2,1-2H3,(H,29,30)(H,31,32). The Kier molecular flexibility index (Phi) is 10.4. The van der Waals surface area contributed by atoms with Crippen LogP contribution in [0.5, 0.6) is 0 Å². The molecule has 2 aliphatic rings. The molecule has 3 heterocycles. The number of nitrogens with zero attached hydrogens (tertiary/aromatic N) is 4. The molecule has 1 amide bonds. The smallest absolute Gasteiger partial charge is 0.226 e. The number of likely N-dealkylation sites (tertiary alicyclic amines) is 1. The fraction of sp³-hybridized carbons (Fsp3) is 0.750. The maximum atomic E-state index is 13.5. The van der Waals surface area contributed by atoms with E-state index in [1.807, 2.05) is 12.4 Å². The number of aromatic amines is 2. The van der Waals surface area contributed by atoms with Crippen molar-refractivity contribution in [1.82, 2.24) is 35.1 Å². The highest BCUT2D eigenvalue weighted by Crippen LogP contribution is 2.25. The van der Waals surface area contributed by atoms with Crippen LogP contribution in [0, 0.1) is 11.8 Å². The molecule has 8 nitrogen and oxygen atoms in total. The van der Waals surface area contributed by atoms with Crippen LogP contribution in [0.1, 0.15) is 76.9 Å². The topological polar surface area (TPSA) is 92.9 Å². The lowest BCUT2D eigenvalue weighted by Crippen LogP contribution is -2.46. The summed E-state index contributed by atoms with van der Waals surface area (Å²) in [6, 6.07) is 1.45. The minimum atomic E-state index is -0.146. The van der Waals surface area contributed by atoms with Gasteiger partial charge in [-0.1, -0.05) is 13.8 Å². The largest absolute Gasteiger partial charge is 0.349 e. The summed E-state index contributed by atoms with van der Waals surface area (Å²) in [5.41, 5.74) is 0. The van der Waals surface area contributed by atoms with Crippen molar-refractivity contribution in [2.24, 2.45) is 11.8 Å². The number of amides is 1. The Morgan fingerprint density at radius 2 is 1.56 bits per heavy atom. The Balaban J connectivity index is 1.19. The summed E-state index contributed by atoms with van der Waals surface area (Å²) in [4.78, 5) is 33.3. The van der Waals surface area contributed by atoms with Gasteiger partial charge in [-0.05, 0) is 76.9 Å². The van der Waals surface area contributed by atoms with Gasteiger partial charge in [-0.3, -0.25) is 4.79 Å². The number of rotatable bonds is 13. The van der Waals surface area contributed by atoms with Crippen LogP contribution in [-0.2, 0) is 17.6 Å². The van der Waals surface area contributed by atoms with E-state index in [-0.39, 0.29) is 11.8 Å². The predicted molar refractivity (Wildman–Crippen MR) is 144 cm³/mol. The molecular weight excluding hydrogens is 450 g/mol. The molecule has 1 saturated carbocycles. The third kappa shape index (κ3) is 7.65.